The van der Waals surface area contributed by atoms with Crippen molar-refractivity contribution in [1.82, 2.24) is 0 Å². The molecule has 44 heavy (non-hydrogen) atoms. The van der Waals surface area contributed by atoms with Gasteiger partial charge < -0.3 is 0 Å². The number of benzene rings is 9. The Morgan fingerprint density at radius 2 is 0.682 bits per heavy atom. The van der Waals surface area contributed by atoms with E-state index in [1.165, 1.54) is 0 Å². The minimum absolute atomic E-state index is 0.577. The molecule has 0 aliphatic rings. The molecule has 0 atom stereocenters. The van der Waals surface area contributed by atoms with Crippen LogP contribution in [0.2, 0.25) is 0 Å². The van der Waals surface area contributed by atoms with Gasteiger partial charge in [0.25, 0.3) is 0 Å². The molecule has 0 radical (unpaired) electrons. The Labute approximate surface area is 295 Å². The Bertz CT molecular complexity index is 4030. The highest BCUT2D eigenvalue weighted by molar-refractivity contribution is 6.24. The molecule has 9 aromatic carbocycles. The zero-order valence-electron chi connectivity index (χ0n) is 50.0. The van der Waals surface area contributed by atoms with Crippen LogP contribution in [0.4, 0.5) is 0 Å². The van der Waals surface area contributed by atoms with Gasteiger partial charge in [0.2, 0.25) is 0 Å². The molecule has 0 fully saturated rings. The molecule has 204 valence electrons. The van der Waals surface area contributed by atoms with Crippen LogP contribution < -0.4 is 0 Å². The summed E-state index contributed by atoms with van der Waals surface area (Å²) in [4.78, 5) is 0. The highest BCUT2D eigenvalue weighted by Gasteiger charge is 2.19. The monoisotopic (exact) mass is 584 g/mol. The van der Waals surface area contributed by atoms with Gasteiger partial charge in [0.05, 0.1) is 38.4 Å². The predicted octanol–water partition coefficient (Wildman–Crippen LogP) is 12.5. The Kier molecular flexibility index (Phi) is 2.18. The fourth-order valence-corrected chi connectivity index (χ4v) is 5.34. The van der Waals surface area contributed by atoms with Crippen molar-refractivity contribution in [3.05, 3.63) is 169 Å². The first-order valence-corrected chi connectivity index (χ1v) is 13.0. The second-order valence-electron chi connectivity index (χ2n) is 9.50. The van der Waals surface area contributed by atoms with Gasteiger partial charge in [-0.05, 0) is 93.3 Å². The molecule has 9 rings (SSSR count). The van der Waals surface area contributed by atoms with Gasteiger partial charge in [-0.3, -0.25) is 0 Å². The van der Waals surface area contributed by atoms with Crippen molar-refractivity contribution in [1.29, 1.82) is 0 Å². The normalized spacial score (nSPS) is 20.5. The second-order valence-corrected chi connectivity index (χ2v) is 9.50. The third-order valence-electron chi connectivity index (χ3n) is 7.19. The highest BCUT2D eigenvalue weighted by atomic mass is 14.2. The molecule has 0 unspecified atom stereocenters. The first-order valence-electron chi connectivity index (χ1n) is 27.0. The van der Waals surface area contributed by atoms with Crippen LogP contribution in [0.5, 0.6) is 0 Å². The number of hydrogen-bond donors (Lipinski definition) is 0. The molecule has 0 aliphatic heterocycles. The van der Waals surface area contributed by atoms with E-state index in [2.05, 4.69) is 0 Å². The molecular formula is C44H28. The quantitative estimate of drug-likeness (QED) is 0.143. The van der Waals surface area contributed by atoms with Crippen LogP contribution in [-0.4, -0.2) is 0 Å². The van der Waals surface area contributed by atoms with Crippen LogP contribution in [0.25, 0.3) is 87.2 Å². The lowest BCUT2D eigenvalue weighted by atomic mass is 9.83. The maximum absolute atomic E-state index is 9.75. The number of fused-ring (bicyclic) bond motifs is 6. The molecular weight excluding hydrogens is 528 g/mol. The van der Waals surface area contributed by atoms with Crippen molar-refractivity contribution in [3.63, 3.8) is 0 Å². The molecule has 9 aromatic rings. The van der Waals surface area contributed by atoms with Crippen molar-refractivity contribution in [2.24, 2.45) is 0 Å². The van der Waals surface area contributed by atoms with E-state index in [-0.39, 0.29) is 0 Å². The Morgan fingerprint density at radius 3 is 1.34 bits per heavy atom. The van der Waals surface area contributed by atoms with Gasteiger partial charge >= 0.3 is 0 Å². The third-order valence-corrected chi connectivity index (χ3v) is 7.19. The van der Waals surface area contributed by atoms with E-state index in [0.717, 1.165) is 0 Å². The minimum atomic E-state index is -1.12. The molecule has 0 aromatic heterocycles. The largest absolute Gasteiger partial charge is 0.0636 e. The predicted molar refractivity (Wildman–Crippen MR) is 190 cm³/mol. The van der Waals surface area contributed by atoms with E-state index in [9.17, 15) is 13.7 Å². The molecule has 0 spiro atoms. The average molecular weight is 585 g/mol. The van der Waals surface area contributed by atoms with Crippen LogP contribution >= 0.6 is 0 Å². The molecule has 0 aliphatic carbocycles. The van der Waals surface area contributed by atoms with Gasteiger partial charge in [-0.1, -0.05) is 163 Å². The minimum Gasteiger partial charge on any atom is -0.0616 e. The standard InChI is InChI=1S/C44H28/c1-3-15-33-29(12-1)14-11-23-37(33)44-40-21-9-7-19-38(40)43(39-20-8-10-22-41(39)44)36-18-6-5-17-35(36)32-27-26-31-25-24-30-13-2-4-16-34(30)42(31)28-32/h1-28H/i1D,2D,3D,4D,5D,6D,7D,8D,9D,10D,11D,12D,13D,14D,15D,16D,17D,18D,19D,20D,21D,22D,23D,24D,25D,26D,27D,28D. The molecule has 0 saturated heterocycles. The summed E-state index contributed by atoms with van der Waals surface area (Å²) in [6.07, 6.45) is 0. The summed E-state index contributed by atoms with van der Waals surface area (Å²) in [5.41, 5.74) is -5.04. The topological polar surface area (TPSA) is 0 Å². The molecule has 0 amide bonds. The molecule has 0 heterocycles. The lowest BCUT2D eigenvalue weighted by molar-refractivity contribution is 1.63. The summed E-state index contributed by atoms with van der Waals surface area (Å²) in [5, 5.41) is -6.94. The van der Waals surface area contributed by atoms with Crippen LogP contribution in [0.1, 0.15) is 38.4 Å². The zero-order chi connectivity index (χ0) is 53.4. The van der Waals surface area contributed by atoms with Gasteiger partial charge in [-0.25, -0.2) is 0 Å². The third kappa shape index (κ3) is 3.78. The van der Waals surface area contributed by atoms with Gasteiger partial charge in [0, 0.05) is 0 Å². The van der Waals surface area contributed by atoms with Crippen molar-refractivity contribution in [2.45, 2.75) is 0 Å². The molecule has 0 nitrogen and oxygen atoms in total. The maximum atomic E-state index is 9.75. The first-order chi connectivity index (χ1) is 33.5. The van der Waals surface area contributed by atoms with E-state index in [0.29, 0.717) is 0 Å². The van der Waals surface area contributed by atoms with E-state index in [4.69, 9.17) is 24.7 Å². The lowest BCUT2D eigenvalue weighted by Gasteiger charge is -2.20. The highest BCUT2D eigenvalue weighted by Crippen LogP contribution is 2.47. The summed E-state index contributed by atoms with van der Waals surface area (Å²) in [5.74, 6) is 0. The lowest BCUT2D eigenvalue weighted by Crippen LogP contribution is -1.93. The number of rotatable bonds is 3. The SMILES string of the molecule is [2H]c1c([2H])c([2H])c(-c2c3c([2H])c([2H])c([2H])c([2H])c3c(-c3c([2H])c([2H])c([2H])c4c([2H])c([2H])c([2H])c([2H])c34)c3c([2H])c([2H])c([2H])c([2H])c23)c(-c2c([2H])c([2H])c3c([2H])c([2H])c4c([2H])c([2H])c([2H])c([2H])c4c3c2[2H])c1[2H]. The van der Waals surface area contributed by atoms with E-state index in [1.54, 1.807) is 0 Å². The second kappa shape index (κ2) is 9.93. The fourth-order valence-electron chi connectivity index (χ4n) is 5.34. The molecule has 0 saturated carbocycles. The van der Waals surface area contributed by atoms with E-state index < -0.39 is 256 Å². The zero-order valence-corrected chi connectivity index (χ0v) is 22.0. The van der Waals surface area contributed by atoms with Crippen molar-refractivity contribution in [2.75, 3.05) is 0 Å². The van der Waals surface area contributed by atoms with Crippen LogP contribution in [0.3, 0.4) is 0 Å². The van der Waals surface area contributed by atoms with Gasteiger partial charge in [0.1, 0.15) is 0 Å². The van der Waals surface area contributed by atoms with Gasteiger partial charge in [-0.2, -0.15) is 0 Å². The number of hydrogen-bond acceptors (Lipinski definition) is 0. The first kappa shape index (κ1) is 9.64. The van der Waals surface area contributed by atoms with Crippen LogP contribution in [0, 0.1) is 0 Å². The fraction of sp³-hybridized carbons (Fsp3) is 0. The smallest absolute Gasteiger partial charge is 0.0616 e. The Balaban J connectivity index is 1.67. The van der Waals surface area contributed by atoms with Crippen molar-refractivity contribution in [3.8, 4) is 33.4 Å². The van der Waals surface area contributed by atoms with Crippen LogP contribution in [-0.2, 0) is 0 Å². The van der Waals surface area contributed by atoms with Crippen LogP contribution in [0.15, 0.2) is 169 Å². The summed E-state index contributed by atoms with van der Waals surface area (Å²) in [7, 11) is 0. The van der Waals surface area contributed by atoms with Crippen molar-refractivity contribution < 1.29 is 38.4 Å². The summed E-state index contributed by atoms with van der Waals surface area (Å²) < 4.78 is 252. The average Bonchev–Trinajstić information content (AvgIpc) is 3.35. The van der Waals surface area contributed by atoms with Gasteiger partial charge in [-0.15, -0.1) is 0 Å². The molecule has 0 bridgehead atoms. The van der Waals surface area contributed by atoms with E-state index >= 15 is 0 Å². The van der Waals surface area contributed by atoms with Gasteiger partial charge in [0.15, 0.2) is 0 Å². The Morgan fingerprint density at radius 1 is 0.273 bits per heavy atom. The maximum Gasteiger partial charge on any atom is 0.0636 e. The summed E-state index contributed by atoms with van der Waals surface area (Å²) >= 11 is 0. The van der Waals surface area contributed by atoms with Crippen molar-refractivity contribution >= 4 is 53.9 Å². The molecule has 0 N–H and O–H groups in total. The van der Waals surface area contributed by atoms with E-state index in [1.807, 2.05) is 0 Å². The molecule has 0 heteroatoms. The summed E-state index contributed by atoms with van der Waals surface area (Å²) in [6.45, 7) is 0. The Hall–Kier alpha value is -5.72. The summed E-state index contributed by atoms with van der Waals surface area (Å²) in [6, 6.07) is -27.2.